The third-order valence-corrected chi connectivity index (χ3v) is 2.96. The predicted octanol–water partition coefficient (Wildman–Crippen LogP) is 1.83. The molecule has 1 aromatic rings. The molecule has 1 atom stereocenters. The second kappa shape index (κ2) is 4.75. The molecule has 2 rings (SSSR count). The fraction of sp³-hybridized carbons (Fsp3) is 0.462. The lowest BCUT2D eigenvalue weighted by Crippen LogP contribution is -2.45. The first-order valence-electron chi connectivity index (χ1n) is 5.83. The molecule has 4 heteroatoms. The number of carbonyl (C=O) groups excluding carboxylic acids is 1. The number of amides is 1. The molecule has 17 heavy (non-hydrogen) atoms. The molecular weight excluding hydrogens is 216 g/mol. The molecule has 0 aliphatic carbocycles. The predicted molar refractivity (Wildman–Crippen MR) is 67.2 cm³/mol. The van der Waals surface area contributed by atoms with Crippen molar-refractivity contribution >= 4 is 11.8 Å². The van der Waals surface area contributed by atoms with Crippen LogP contribution in [0.3, 0.4) is 0 Å². The summed E-state index contributed by atoms with van der Waals surface area (Å²) in [6.45, 7) is 5.64. The van der Waals surface area contributed by atoms with E-state index < -0.39 is 0 Å². The number of hydrogen-bond acceptors (Lipinski definition) is 3. The molecule has 1 aromatic carbocycles. The number of carbonyl (C=O) groups is 1. The van der Waals surface area contributed by atoms with Crippen molar-refractivity contribution in [1.82, 2.24) is 0 Å². The summed E-state index contributed by atoms with van der Waals surface area (Å²) in [5, 5.41) is 0. The number of aryl methyl sites for hydroxylation is 2. The third-order valence-electron chi connectivity index (χ3n) is 2.96. The Bertz CT molecular complexity index is 411. The summed E-state index contributed by atoms with van der Waals surface area (Å²) in [5.74, 6) is 0.216. The first kappa shape index (κ1) is 11.9. The average molecular weight is 234 g/mol. The maximum absolute atomic E-state index is 11.7. The van der Waals surface area contributed by atoms with Crippen molar-refractivity contribution in [2.45, 2.75) is 13.8 Å². The Kier molecular flexibility index (Phi) is 3.33. The molecule has 1 saturated heterocycles. The molecule has 92 valence electrons. The molecule has 1 amide bonds. The minimum atomic E-state index is -0.278. The fourth-order valence-electron chi connectivity index (χ4n) is 2.11. The molecule has 0 bridgehead atoms. The summed E-state index contributed by atoms with van der Waals surface area (Å²) < 4.78 is 5.14. The van der Waals surface area contributed by atoms with Gasteiger partial charge in [-0.3, -0.25) is 4.90 Å². The van der Waals surface area contributed by atoms with E-state index in [0.717, 1.165) is 16.8 Å². The van der Waals surface area contributed by atoms with Gasteiger partial charge in [-0.2, -0.15) is 0 Å². The minimum absolute atomic E-state index is 0.216. The summed E-state index contributed by atoms with van der Waals surface area (Å²) in [4.78, 5) is 13.4. The smallest absolute Gasteiger partial charge is 0.414 e. The van der Waals surface area contributed by atoms with Crippen molar-refractivity contribution in [3.8, 4) is 0 Å². The van der Waals surface area contributed by atoms with Gasteiger partial charge in [0.15, 0.2) is 0 Å². The fourth-order valence-corrected chi connectivity index (χ4v) is 2.11. The van der Waals surface area contributed by atoms with Crippen LogP contribution in [-0.4, -0.2) is 25.8 Å². The van der Waals surface area contributed by atoms with E-state index in [0.29, 0.717) is 19.7 Å². The van der Waals surface area contributed by atoms with Crippen LogP contribution in [0.1, 0.15) is 11.1 Å². The van der Waals surface area contributed by atoms with E-state index in [1.54, 1.807) is 4.90 Å². The van der Waals surface area contributed by atoms with Gasteiger partial charge in [0.2, 0.25) is 0 Å². The van der Waals surface area contributed by atoms with Gasteiger partial charge in [-0.25, -0.2) is 4.79 Å². The molecule has 2 N–H and O–H groups in total. The Morgan fingerprint density at radius 2 is 2.00 bits per heavy atom. The van der Waals surface area contributed by atoms with Gasteiger partial charge in [0.25, 0.3) is 0 Å². The SMILES string of the molecule is Cc1cc(C)cc(N2CC(CN)COC2=O)c1. The molecule has 0 aromatic heterocycles. The lowest BCUT2D eigenvalue weighted by Gasteiger charge is -2.31. The van der Waals surface area contributed by atoms with Crippen LogP contribution < -0.4 is 10.6 Å². The van der Waals surface area contributed by atoms with Crippen molar-refractivity contribution < 1.29 is 9.53 Å². The number of hydrogen-bond donors (Lipinski definition) is 1. The second-order valence-electron chi connectivity index (χ2n) is 4.64. The van der Waals surface area contributed by atoms with E-state index in [4.69, 9.17) is 10.5 Å². The summed E-state index contributed by atoms with van der Waals surface area (Å²) in [6.07, 6.45) is -0.278. The quantitative estimate of drug-likeness (QED) is 0.849. The van der Waals surface area contributed by atoms with Gasteiger partial charge in [-0.1, -0.05) is 6.07 Å². The van der Waals surface area contributed by atoms with Crippen LogP contribution >= 0.6 is 0 Å². The van der Waals surface area contributed by atoms with Gasteiger partial charge in [-0.15, -0.1) is 0 Å². The van der Waals surface area contributed by atoms with Crippen molar-refractivity contribution in [3.05, 3.63) is 29.3 Å². The van der Waals surface area contributed by atoms with Crippen molar-refractivity contribution in [3.63, 3.8) is 0 Å². The molecular formula is C13H18N2O2. The van der Waals surface area contributed by atoms with Crippen LogP contribution in [0.25, 0.3) is 0 Å². The minimum Gasteiger partial charge on any atom is -0.449 e. The third kappa shape index (κ3) is 2.58. The van der Waals surface area contributed by atoms with Crippen LogP contribution in [0.4, 0.5) is 10.5 Å². The number of ether oxygens (including phenoxy) is 1. The number of nitrogens with two attached hydrogens (primary N) is 1. The molecule has 0 spiro atoms. The number of nitrogens with zero attached hydrogens (tertiary/aromatic N) is 1. The van der Waals surface area contributed by atoms with Crippen LogP contribution in [0.2, 0.25) is 0 Å². The molecule has 0 saturated carbocycles. The monoisotopic (exact) mass is 234 g/mol. The number of anilines is 1. The van der Waals surface area contributed by atoms with E-state index >= 15 is 0 Å². The van der Waals surface area contributed by atoms with Crippen LogP contribution in [0.15, 0.2) is 18.2 Å². The van der Waals surface area contributed by atoms with E-state index in [-0.39, 0.29) is 12.0 Å². The Balaban J connectivity index is 2.27. The average Bonchev–Trinajstić information content (AvgIpc) is 2.28. The normalized spacial score (nSPS) is 20.3. The summed E-state index contributed by atoms with van der Waals surface area (Å²) in [6, 6.07) is 6.07. The topological polar surface area (TPSA) is 55.6 Å². The largest absolute Gasteiger partial charge is 0.449 e. The van der Waals surface area contributed by atoms with E-state index in [1.807, 2.05) is 26.0 Å². The van der Waals surface area contributed by atoms with Gasteiger partial charge in [0, 0.05) is 24.7 Å². The summed E-state index contributed by atoms with van der Waals surface area (Å²) in [5.41, 5.74) is 8.81. The number of cyclic esters (lactones) is 1. The molecule has 1 fully saturated rings. The second-order valence-corrected chi connectivity index (χ2v) is 4.64. The highest BCUT2D eigenvalue weighted by atomic mass is 16.6. The lowest BCUT2D eigenvalue weighted by atomic mass is 10.1. The van der Waals surface area contributed by atoms with Gasteiger partial charge in [0.1, 0.15) is 0 Å². The zero-order valence-electron chi connectivity index (χ0n) is 10.3. The van der Waals surface area contributed by atoms with Gasteiger partial charge < -0.3 is 10.5 Å². The van der Waals surface area contributed by atoms with E-state index in [1.165, 1.54) is 0 Å². The molecule has 4 nitrogen and oxygen atoms in total. The lowest BCUT2D eigenvalue weighted by molar-refractivity contribution is 0.117. The molecule has 1 heterocycles. The first-order chi connectivity index (χ1) is 8.10. The maximum Gasteiger partial charge on any atom is 0.414 e. The van der Waals surface area contributed by atoms with E-state index in [9.17, 15) is 4.79 Å². The molecule has 1 aliphatic rings. The maximum atomic E-state index is 11.7. The highest BCUT2D eigenvalue weighted by molar-refractivity contribution is 5.88. The van der Waals surface area contributed by atoms with Crippen LogP contribution in [0.5, 0.6) is 0 Å². The van der Waals surface area contributed by atoms with Gasteiger partial charge in [-0.05, 0) is 37.1 Å². The summed E-state index contributed by atoms with van der Waals surface area (Å²) >= 11 is 0. The van der Waals surface area contributed by atoms with Crippen molar-refractivity contribution in [1.29, 1.82) is 0 Å². The Hall–Kier alpha value is -1.55. The highest BCUT2D eigenvalue weighted by Crippen LogP contribution is 2.23. The van der Waals surface area contributed by atoms with E-state index in [2.05, 4.69) is 6.07 Å². The number of benzene rings is 1. The molecule has 1 aliphatic heterocycles. The molecule has 0 radical (unpaired) electrons. The van der Waals surface area contributed by atoms with Crippen molar-refractivity contribution in [2.24, 2.45) is 11.7 Å². The highest BCUT2D eigenvalue weighted by Gasteiger charge is 2.27. The number of rotatable bonds is 2. The Labute approximate surface area is 101 Å². The Morgan fingerprint density at radius 1 is 1.35 bits per heavy atom. The Morgan fingerprint density at radius 3 is 2.59 bits per heavy atom. The zero-order chi connectivity index (χ0) is 12.4. The molecule has 1 unspecified atom stereocenters. The zero-order valence-corrected chi connectivity index (χ0v) is 10.3. The van der Waals surface area contributed by atoms with Crippen LogP contribution in [-0.2, 0) is 4.74 Å². The summed E-state index contributed by atoms with van der Waals surface area (Å²) in [7, 11) is 0. The van der Waals surface area contributed by atoms with Gasteiger partial charge >= 0.3 is 6.09 Å². The first-order valence-corrected chi connectivity index (χ1v) is 5.83. The van der Waals surface area contributed by atoms with Crippen molar-refractivity contribution in [2.75, 3.05) is 24.6 Å². The standard InChI is InChI=1S/C13H18N2O2/c1-9-3-10(2)5-12(4-9)15-7-11(6-14)8-17-13(15)16/h3-5,11H,6-8,14H2,1-2H3. The van der Waals surface area contributed by atoms with Gasteiger partial charge in [0.05, 0.1) is 6.61 Å². The van der Waals surface area contributed by atoms with Crippen LogP contribution in [0, 0.1) is 19.8 Å².